The molecule has 1 saturated heterocycles. The second kappa shape index (κ2) is 4.27. The van der Waals surface area contributed by atoms with Gasteiger partial charge in [0.25, 0.3) is 0 Å². The number of aryl methyl sites for hydroxylation is 1. The zero-order chi connectivity index (χ0) is 15.5. The Labute approximate surface area is 128 Å². The van der Waals surface area contributed by atoms with Crippen LogP contribution in [0.2, 0.25) is 0 Å². The summed E-state index contributed by atoms with van der Waals surface area (Å²) in [5, 5.41) is 0. The number of hydrogen-bond acceptors (Lipinski definition) is 3. The molecule has 2 atom stereocenters. The van der Waals surface area contributed by atoms with Gasteiger partial charge in [0.05, 0.1) is 5.69 Å². The molecule has 1 fully saturated rings. The van der Waals surface area contributed by atoms with E-state index in [1.54, 1.807) is 18.2 Å². The highest BCUT2D eigenvalue weighted by molar-refractivity contribution is 6.21. The average molecular weight is 293 g/mol. The van der Waals surface area contributed by atoms with Crippen LogP contribution in [0.1, 0.15) is 34.5 Å². The first-order valence-electron chi connectivity index (χ1n) is 7.24. The summed E-state index contributed by atoms with van der Waals surface area (Å²) in [4.78, 5) is 26.5. The highest BCUT2D eigenvalue weighted by atomic mass is 16.6. The first-order valence-corrected chi connectivity index (χ1v) is 7.24. The van der Waals surface area contributed by atoms with Gasteiger partial charge in [0.15, 0.2) is 0 Å². The number of anilines is 1. The van der Waals surface area contributed by atoms with Crippen LogP contribution in [-0.4, -0.2) is 17.4 Å². The molecule has 4 rings (SSSR count). The molecule has 2 aliphatic heterocycles. The molecule has 2 aromatic rings. The van der Waals surface area contributed by atoms with Gasteiger partial charge in [0, 0.05) is 12.5 Å². The van der Waals surface area contributed by atoms with E-state index in [-0.39, 0.29) is 11.7 Å². The molecule has 110 valence electrons. The van der Waals surface area contributed by atoms with Gasteiger partial charge in [-0.3, -0.25) is 14.5 Å². The predicted octanol–water partition coefficient (Wildman–Crippen LogP) is 3.01. The van der Waals surface area contributed by atoms with Crippen molar-refractivity contribution in [1.29, 1.82) is 0 Å². The summed E-state index contributed by atoms with van der Waals surface area (Å²) in [6, 6.07) is 15.0. The van der Waals surface area contributed by atoms with Crippen LogP contribution in [0.25, 0.3) is 0 Å². The van der Waals surface area contributed by atoms with E-state index in [4.69, 9.17) is 4.74 Å². The van der Waals surface area contributed by atoms with Crippen molar-refractivity contribution in [2.24, 2.45) is 0 Å². The number of benzene rings is 2. The molecule has 2 aromatic carbocycles. The number of amides is 1. The van der Waals surface area contributed by atoms with Crippen LogP contribution in [0.15, 0.2) is 48.5 Å². The average Bonchev–Trinajstić information content (AvgIpc) is 3.17. The van der Waals surface area contributed by atoms with Crippen LogP contribution in [-0.2, 0) is 9.53 Å². The third-order valence-electron chi connectivity index (χ3n) is 4.34. The standard InChI is InChI=1S/C18H15NO3/c1-11-7-9-13(10-8-11)17-18(22-17)16(21)14-5-3-4-6-15(14)19(18)12(2)20/h3-10,17H,1-2H3/t17-,18-/m0/s1. The Kier molecular flexibility index (Phi) is 2.57. The van der Waals surface area contributed by atoms with Gasteiger partial charge >= 0.3 is 0 Å². The maximum absolute atomic E-state index is 12.8. The lowest BCUT2D eigenvalue weighted by molar-refractivity contribution is -0.117. The zero-order valence-electron chi connectivity index (χ0n) is 12.4. The first-order chi connectivity index (χ1) is 10.6. The largest absolute Gasteiger partial charge is 0.332 e. The van der Waals surface area contributed by atoms with E-state index < -0.39 is 11.8 Å². The van der Waals surface area contributed by atoms with Gasteiger partial charge in [-0.25, -0.2) is 0 Å². The summed E-state index contributed by atoms with van der Waals surface area (Å²) in [5.74, 6) is -0.322. The first kappa shape index (κ1) is 13.2. The zero-order valence-corrected chi connectivity index (χ0v) is 12.4. The van der Waals surface area contributed by atoms with Crippen molar-refractivity contribution in [3.8, 4) is 0 Å². The Morgan fingerprint density at radius 1 is 1.14 bits per heavy atom. The summed E-state index contributed by atoms with van der Waals surface area (Å²) >= 11 is 0. The fraction of sp³-hybridized carbons (Fsp3) is 0.222. The molecule has 2 heterocycles. The molecule has 0 N–H and O–H groups in total. The van der Waals surface area contributed by atoms with E-state index >= 15 is 0 Å². The van der Waals surface area contributed by atoms with Crippen LogP contribution in [0.3, 0.4) is 0 Å². The van der Waals surface area contributed by atoms with Crippen LogP contribution in [0, 0.1) is 6.92 Å². The molecule has 1 spiro atoms. The van der Waals surface area contributed by atoms with E-state index in [1.807, 2.05) is 37.3 Å². The number of hydrogen-bond donors (Lipinski definition) is 0. The van der Waals surface area contributed by atoms with Gasteiger partial charge in [0.1, 0.15) is 6.10 Å². The molecule has 22 heavy (non-hydrogen) atoms. The van der Waals surface area contributed by atoms with Crippen molar-refractivity contribution in [1.82, 2.24) is 0 Å². The maximum atomic E-state index is 12.8. The molecular weight excluding hydrogens is 278 g/mol. The van der Waals surface area contributed by atoms with Gasteiger partial charge in [-0.1, -0.05) is 42.0 Å². The Hall–Kier alpha value is -2.46. The summed E-state index contributed by atoms with van der Waals surface area (Å²) in [6.45, 7) is 3.47. The minimum Gasteiger partial charge on any atom is -0.332 e. The van der Waals surface area contributed by atoms with Crippen molar-refractivity contribution in [3.05, 3.63) is 65.2 Å². The normalized spacial score (nSPS) is 25.5. The molecular formula is C18H15NO3. The summed E-state index contributed by atoms with van der Waals surface area (Å²) in [5.41, 5.74) is 2.05. The fourth-order valence-corrected chi connectivity index (χ4v) is 3.26. The summed E-state index contributed by atoms with van der Waals surface area (Å²) < 4.78 is 5.82. The number of para-hydroxylation sites is 1. The molecule has 4 nitrogen and oxygen atoms in total. The Bertz CT molecular complexity index is 796. The minimum absolute atomic E-state index is 0.135. The van der Waals surface area contributed by atoms with E-state index in [9.17, 15) is 9.59 Å². The van der Waals surface area contributed by atoms with Crippen LogP contribution in [0.5, 0.6) is 0 Å². The molecule has 2 aliphatic rings. The van der Waals surface area contributed by atoms with Gasteiger partial charge in [-0.2, -0.15) is 0 Å². The number of Topliss-reactive ketones (excluding diaryl/α,β-unsaturated/α-hetero) is 1. The van der Waals surface area contributed by atoms with Gasteiger partial charge in [-0.05, 0) is 24.6 Å². The number of fused-ring (bicyclic) bond motifs is 1. The number of carbonyl (C=O) groups excluding carboxylic acids is 2. The molecule has 0 unspecified atom stereocenters. The summed E-state index contributed by atoms with van der Waals surface area (Å²) in [6.07, 6.45) is -0.406. The topological polar surface area (TPSA) is 49.9 Å². The van der Waals surface area contributed by atoms with Crippen molar-refractivity contribution in [3.63, 3.8) is 0 Å². The molecule has 0 saturated carbocycles. The van der Waals surface area contributed by atoms with Crippen LogP contribution >= 0.6 is 0 Å². The molecule has 4 heteroatoms. The van der Waals surface area contributed by atoms with Crippen LogP contribution < -0.4 is 4.90 Å². The van der Waals surface area contributed by atoms with Crippen molar-refractivity contribution in [2.45, 2.75) is 25.7 Å². The lowest BCUT2D eigenvalue weighted by Gasteiger charge is -2.20. The smallest absolute Gasteiger partial charge is 0.244 e. The molecule has 0 radical (unpaired) electrons. The quantitative estimate of drug-likeness (QED) is 0.759. The van der Waals surface area contributed by atoms with Crippen molar-refractivity contribution < 1.29 is 14.3 Å². The molecule has 0 aromatic heterocycles. The Balaban J connectivity index is 1.81. The third-order valence-corrected chi connectivity index (χ3v) is 4.34. The van der Waals surface area contributed by atoms with Gasteiger partial charge in [-0.15, -0.1) is 0 Å². The molecule has 1 amide bonds. The Morgan fingerprint density at radius 2 is 1.82 bits per heavy atom. The number of rotatable bonds is 1. The molecule has 0 bridgehead atoms. The predicted molar refractivity (Wildman–Crippen MR) is 81.7 cm³/mol. The van der Waals surface area contributed by atoms with E-state index in [2.05, 4.69) is 0 Å². The lowest BCUT2D eigenvalue weighted by Crippen LogP contribution is -2.43. The van der Waals surface area contributed by atoms with Gasteiger partial charge < -0.3 is 4.74 Å². The fourth-order valence-electron chi connectivity index (χ4n) is 3.26. The number of nitrogens with zero attached hydrogens (tertiary/aromatic N) is 1. The third kappa shape index (κ3) is 1.56. The number of ketones is 1. The highest BCUT2D eigenvalue weighted by Gasteiger charge is 2.72. The van der Waals surface area contributed by atoms with E-state index in [1.165, 1.54) is 11.8 Å². The van der Waals surface area contributed by atoms with Crippen molar-refractivity contribution >= 4 is 17.4 Å². The van der Waals surface area contributed by atoms with Crippen LogP contribution in [0.4, 0.5) is 5.69 Å². The monoisotopic (exact) mass is 293 g/mol. The lowest BCUT2D eigenvalue weighted by atomic mass is 10.00. The van der Waals surface area contributed by atoms with E-state index in [0.717, 1.165) is 11.1 Å². The minimum atomic E-state index is -1.19. The number of ether oxygens (including phenoxy) is 1. The van der Waals surface area contributed by atoms with Gasteiger partial charge in [0.2, 0.25) is 17.4 Å². The Morgan fingerprint density at radius 3 is 2.50 bits per heavy atom. The number of carbonyl (C=O) groups is 2. The second-order valence-corrected chi connectivity index (χ2v) is 5.81. The van der Waals surface area contributed by atoms with E-state index in [0.29, 0.717) is 11.3 Å². The summed E-state index contributed by atoms with van der Waals surface area (Å²) in [7, 11) is 0. The highest BCUT2D eigenvalue weighted by Crippen LogP contribution is 2.59. The van der Waals surface area contributed by atoms with Crippen molar-refractivity contribution in [2.75, 3.05) is 4.90 Å². The second-order valence-electron chi connectivity index (χ2n) is 5.81. The SMILES string of the molecule is CC(=O)N1c2ccccc2C(=O)[C@@]12O[C@H]2c1ccc(C)cc1. The number of epoxide rings is 1. The maximum Gasteiger partial charge on any atom is 0.244 e. The molecule has 0 aliphatic carbocycles.